The minimum absolute atomic E-state index is 0.0226. The predicted octanol–water partition coefficient (Wildman–Crippen LogP) is 2.86. The highest BCUT2D eigenvalue weighted by Gasteiger charge is 2.32. The fraction of sp³-hybridized carbons (Fsp3) is 0.500. The van der Waals surface area contributed by atoms with Crippen LogP contribution in [0.15, 0.2) is 35.4 Å². The van der Waals surface area contributed by atoms with Gasteiger partial charge >= 0.3 is 0 Å². The van der Waals surface area contributed by atoms with Crippen molar-refractivity contribution in [2.24, 2.45) is 0 Å². The lowest BCUT2D eigenvalue weighted by Crippen LogP contribution is -2.45. The molecule has 0 saturated heterocycles. The van der Waals surface area contributed by atoms with E-state index >= 15 is 0 Å². The van der Waals surface area contributed by atoms with E-state index in [1.165, 1.54) is 11.8 Å². The van der Waals surface area contributed by atoms with Gasteiger partial charge in [0, 0.05) is 13.1 Å². The summed E-state index contributed by atoms with van der Waals surface area (Å²) in [6.45, 7) is 9.65. The van der Waals surface area contributed by atoms with Gasteiger partial charge in [-0.3, -0.25) is 14.5 Å². The third kappa shape index (κ3) is 5.23. The summed E-state index contributed by atoms with van der Waals surface area (Å²) in [6.07, 6.45) is 2.32. The highest BCUT2D eigenvalue weighted by Crippen LogP contribution is 2.39. The normalized spacial score (nSPS) is 13.6. The molecular formula is C22H31N5O2S. The quantitative estimate of drug-likeness (QED) is 0.629. The predicted molar refractivity (Wildman–Crippen MR) is 121 cm³/mol. The van der Waals surface area contributed by atoms with Crippen molar-refractivity contribution in [3.8, 4) is 5.69 Å². The number of rotatable bonds is 10. The molecule has 0 atom stereocenters. The first-order valence-electron chi connectivity index (χ1n) is 10.6. The summed E-state index contributed by atoms with van der Waals surface area (Å²) in [6, 6.07) is 9.85. The molecule has 1 N–H and O–H groups in total. The van der Waals surface area contributed by atoms with Crippen molar-refractivity contribution in [3.63, 3.8) is 0 Å². The van der Waals surface area contributed by atoms with Gasteiger partial charge in [0.05, 0.1) is 22.8 Å². The van der Waals surface area contributed by atoms with Crippen LogP contribution in [0.2, 0.25) is 0 Å². The van der Waals surface area contributed by atoms with Crippen LogP contribution >= 0.6 is 11.8 Å². The van der Waals surface area contributed by atoms with E-state index in [9.17, 15) is 9.59 Å². The monoisotopic (exact) mass is 429 g/mol. The Morgan fingerprint density at radius 2 is 2.00 bits per heavy atom. The van der Waals surface area contributed by atoms with Gasteiger partial charge in [0.1, 0.15) is 11.6 Å². The smallest absolute Gasteiger partial charge is 0.240 e. The van der Waals surface area contributed by atoms with Gasteiger partial charge in [0.25, 0.3) is 0 Å². The van der Waals surface area contributed by atoms with Crippen LogP contribution < -0.4 is 10.2 Å². The van der Waals surface area contributed by atoms with E-state index in [4.69, 9.17) is 0 Å². The van der Waals surface area contributed by atoms with E-state index in [1.54, 1.807) is 4.90 Å². The largest absolute Gasteiger partial charge is 0.353 e. The molecule has 0 aliphatic carbocycles. The molecule has 1 aliphatic rings. The summed E-state index contributed by atoms with van der Waals surface area (Å²) in [5, 5.41) is 8.52. The first-order chi connectivity index (χ1) is 14.5. The highest BCUT2D eigenvalue weighted by atomic mass is 32.2. The van der Waals surface area contributed by atoms with Gasteiger partial charge in [0.2, 0.25) is 11.8 Å². The molecule has 8 heteroatoms. The molecule has 2 aromatic rings. The molecule has 0 saturated carbocycles. The number of likely N-dealkylation sites (N-methyl/N-ethyl adjacent to an activating group) is 1. The number of carbonyl (C=O) groups is 2. The number of fused-ring (bicyclic) bond motifs is 1. The first-order valence-corrected chi connectivity index (χ1v) is 11.6. The molecule has 30 heavy (non-hydrogen) atoms. The second kappa shape index (κ2) is 10.6. The minimum Gasteiger partial charge on any atom is -0.353 e. The maximum Gasteiger partial charge on any atom is 0.240 e. The maximum absolute atomic E-state index is 12.6. The van der Waals surface area contributed by atoms with E-state index in [0.717, 1.165) is 54.6 Å². The third-order valence-corrected chi connectivity index (χ3v) is 6.25. The number of unbranched alkanes of at least 4 members (excludes halogenated alkanes) is 1. The number of thioether (sulfide) groups is 1. The zero-order valence-corrected chi connectivity index (χ0v) is 18.9. The second-order valence-corrected chi connectivity index (χ2v) is 8.36. The average molecular weight is 430 g/mol. The van der Waals surface area contributed by atoms with Crippen LogP contribution in [0.3, 0.4) is 0 Å². The van der Waals surface area contributed by atoms with Crippen LogP contribution in [0.25, 0.3) is 5.69 Å². The van der Waals surface area contributed by atoms with Crippen molar-refractivity contribution in [1.29, 1.82) is 0 Å². The van der Waals surface area contributed by atoms with Crippen molar-refractivity contribution in [3.05, 3.63) is 36.0 Å². The average Bonchev–Trinajstić information content (AvgIpc) is 3.10. The van der Waals surface area contributed by atoms with Gasteiger partial charge in [-0.05, 0) is 38.6 Å². The van der Waals surface area contributed by atoms with Gasteiger partial charge in [-0.2, -0.15) is 5.10 Å². The molecule has 2 amide bonds. The Morgan fingerprint density at radius 1 is 1.23 bits per heavy atom. The van der Waals surface area contributed by atoms with E-state index in [0.29, 0.717) is 12.3 Å². The summed E-state index contributed by atoms with van der Waals surface area (Å²) >= 11 is 1.47. The Labute approximate surface area is 182 Å². The van der Waals surface area contributed by atoms with Gasteiger partial charge in [-0.15, -0.1) is 0 Å². The number of benzene rings is 1. The summed E-state index contributed by atoms with van der Waals surface area (Å²) in [5.74, 6) is 0.106. The minimum atomic E-state index is -0.139. The Hall–Kier alpha value is -2.32. The topological polar surface area (TPSA) is 70.5 Å². The van der Waals surface area contributed by atoms with Crippen molar-refractivity contribution >= 4 is 29.3 Å². The van der Waals surface area contributed by atoms with E-state index in [2.05, 4.69) is 29.2 Å². The third-order valence-electron chi connectivity index (χ3n) is 5.22. The SMILES string of the molecule is CCCCN(CC)CCNC(=O)CN1C(=O)CSc2c1c(C)nn2-c1ccccc1. The van der Waals surface area contributed by atoms with Crippen LogP contribution in [0.5, 0.6) is 0 Å². The number of hydrogen-bond acceptors (Lipinski definition) is 5. The number of nitrogens with one attached hydrogen (secondary N) is 1. The first kappa shape index (κ1) is 22.4. The van der Waals surface area contributed by atoms with Crippen LogP contribution in [-0.4, -0.2) is 65.0 Å². The number of anilines is 1. The molecule has 1 aromatic heterocycles. The maximum atomic E-state index is 12.6. The molecule has 0 bridgehead atoms. The van der Waals surface area contributed by atoms with Crippen molar-refractivity contribution in [2.75, 3.05) is 43.4 Å². The van der Waals surface area contributed by atoms with Gasteiger partial charge in [-0.25, -0.2) is 4.68 Å². The molecule has 7 nitrogen and oxygen atoms in total. The van der Waals surface area contributed by atoms with E-state index < -0.39 is 0 Å². The van der Waals surface area contributed by atoms with Gasteiger partial charge in [-0.1, -0.05) is 50.2 Å². The number of amides is 2. The standard InChI is InChI=1S/C22H31N5O2S/c1-4-6-13-25(5-2)14-12-23-19(28)15-26-20(29)16-30-22-21(26)17(3)24-27(22)18-10-8-7-9-11-18/h7-11H,4-6,12-16H2,1-3H3,(H,23,28). The number of carbonyl (C=O) groups excluding carboxylic acids is 2. The lowest BCUT2D eigenvalue weighted by Gasteiger charge is -2.27. The van der Waals surface area contributed by atoms with E-state index in [-0.39, 0.29) is 18.4 Å². The molecule has 0 spiro atoms. The summed E-state index contributed by atoms with van der Waals surface area (Å²) < 4.78 is 1.86. The summed E-state index contributed by atoms with van der Waals surface area (Å²) in [4.78, 5) is 29.1. The van der Waals surface area contributed by atoms with E-state index in [1.807, 2.05) is 41.9 Å². The number of aromatic nitrogens is 2. The number of hydrogen-bond donors (Lipinski definition) is 1. The number of nitrogens with zero attached hydrogens (tertiary/aromatic N) is 4. The molecule has 0 radical (unpaired) electrons. The Balaban J connectivity index is 1.67. The van der Waals surface area contributed by atoms with Crippen LogP contribution in [0.1, 0.15) is 32.4 Å². The van der Waals surface area contributed by atoms with Gasteiger partial charge in [0.15, 0.2) is 0 Å². The zero-order valence-electron chi connectivity index (χ0n) is 18.1. The fourth-order valence-electron chi connectivity index (χ4n) is 3.54. The molecule has 162 valence electrons. The van der Waals surface area contributed by atoms with Crippen LogP contribution in [-0.2, 0) is 9.59 Å². The van der Waals surface area contributed by atoms with Crippen molar-refractivity contribution in [1.82, 2.24) is 20.0 Å². The number of aryl methyl sites for hydroxylation is 1. The zero-order chi connectivity index (χ0) is 21.5. The van der Waals surface area contributed by atoms with Gasteiger partial charge < -0.3 is 10.2 Å². The molecular weight excluding hydrogens is 398 g/mol. The van der Waals surface area contributed by atoms with Crippen LogP contribution in [0, 0.1) is 6.92 Å². The molecule has 1 aromatic carbocycles. The summed E-state index contributed by atoms with van der Waals surface area (Å²) in [7, 11) is 0. The Morgan fingerprint density at radius 3 is 2.70 bits per heavy atom. The lowest BCUT2D eigenvalue weighted by molar-refractivity contribution is -0.123. The highest BCUT2D eigenvalue weighted by molar-refractivity contribution is 8.00. The van der Waals surface area contributed by atoms with Crippen LogP contribution in [0.4, 0.5) is 5.69 Å². The Bertz CT molecular complexity index is 868. The molecule has 1 aliphatic heterocycles. The fourth-order valence-corrected chi connectivity index (χ4v) is 4.62. The molecule has 2 heterocycles. The summed E-state index contributed by atoms with van der Waals surface area (Å²) in [5.41, 5.74) is 2.44. The molecule has 0 fully saturated rings. The van der Waals surface area contributed by atoms with Crippen molar-refractivity contribution < 1.29 is 9.59 Å². The number of para-hydroxylation sites is 1. The Kier molecular flexibility index (Phi) is 7.93. The molecule has 0 unspecified atom stereocenters. The second-order valence-electron chi connectivity index (χ2n) is 7.39. The lowest BCUT2D eigenvalue weighted by atomic mass is 10.3. The van der Waals surface area contributed by atoms with Crippen molar-refractivity contribution in [2.45, 2.75) is 38.6 Å². The molecule has 3 rings (SSSR count).